The molecule has 0 unspecified atom stereocenters. The third-order valence-electron chi connectivity index (χ3n) is 6.43. The number of hydrogen-bond acceptors (Lipinski definition) is 5. The molecular formula is C23H34N4O2. The number of nitrogens with zero attached hydrogens (tertiary/aromatic N) is 4. The fourth-order valence-corrected chi connectivity index (χ4v) is 4.46. The van der Waals surface area contributed by atoms with Crippen LogP contribution in [0.25, 0.3) is 0 Å². The van der Waals surface area contributed by atoms with E-state index in [9.17, 15) is 5.11 Å². The molecule has 1 aromatic carbocycles. The van der Waals surface area contributed by atoms with Crippen LogP contribution in [0, 0.1) is 0 Å². The van der Waals surface area contributed by atoms with Crippen LogP contribution in [-0.4, -0.2) is 51.3 Å². The molecule has 1 saturated carbocycles. The molecule has 29 heavy (non-hydrogen) atoms. The zero-order valence-electron chi connectivity index (χ0n) is 17.7. The summed E-state index contributed by atoms with van der Waals surface area (Å²) >= 11 is 0. The van der Waals surface area contributed by atoms with Crippen LogP contribution in [0.3, 0.4) is 0 Å². The molecule has 6 heteroatoms. The molecule has 4 rings (SSSR count). The lowest BCUT2D eigenvalue weighted by molar-refractivity contribution is -0.00776. The Morgan fingerprint density at radius 2 is 1.93 bits per heavy atom. The first-order chi connectivity index (χ1) is 14.2. The molecule has 2 fully saturated rings. The monoisotopic (exact) mass is 398 g/mol. The van der Waals surface area contributed by atoms with Crippen molar-refractivity contribution in [1.29, 1.82) is 0 Å². The van der Waals surface area contributed by atoms with Gasteiger partial charge in [-0.25, -0.2) is 4.68 Å². The van der Waals surface area contributed by atoms with E-state index in [1.165, 1.54) is 44.1 Å². The van der Waals surface area contributed by atoms with E-state index in [-0.39, 0.29) is 12.1 Å². The summed E-state index contributed by atoms with van der Waals surface area (Å²) in [6.07, 6.45) is 9.75. The molecule has 1 aliphatic heterocycles. The van der Waals surface area contributed by atoms with Crippen molar-refractivity contribution in [3.63, 3.8) is 0 Å². The summed E-state index contributed by atoms with van der Waals surface area (Å²) < 4.78 is 7.23. The summed E-state index contributed by atoms with van der Waals surface area (Å²) in [7, 11) is 1.69. The van der Waals surface area contributed by atoms with Gasteiger partial charge in [0.25, 0.3) is 0 Å². The van der Waals surface area contributed by atoms with Crippen LogP contribution in [0.4, 0.5) is 0 Å². The predicted molar refractivity (Wildman–Crippen MR) is 113 cm³/mol. The quantitative estimate of drug-likeness (QED) is 0.645. The second-order valence-electron chi connectivity index (χ2n) is 8.61. The fourth-order valence-electron chi connectivity index (χ4n) is 4.46. The summed E-state index contributed by atoms with van der Waals surface area (Å²) in [5, 5.41) is 19.8. The Kier molecular flexibility index (Phi) is 6.50. The van der Waals surface area contributed by atoms with Crippen molar-refractivity contribution in [3.8, 4) is 5.75 Å². The first-order valence-corrected chi connectivity index (χ1v) is 11.2. The Morgan fingerprint density at radius 1 is 1.14 bits per heavy atom. The van der Waals surface area contributed by atoms with Crippen molar-refractivity contribution >= 4 is 0 Å². The highest BCUT2D eigenvalue weighted by molar-refractivity contribution is 5.29. The lowest BCUT2D eigenvalue weighted by Gasteiger charge is -2.42. The molecule has 0 spiro atoms. The zero-order chi connectivity index (χ0) is 20.2. The number of ether oxygens (including phenoxy) is 1. The van der Waals surface area contributed by atoms with Crippen LogP contribution in [0.5, 0.6) is 5.75 Å². The highest BCUT2D eigenvalue weighted by Crippen LogP contribution is 2.40. The number of unbranched alkanes of at least 4 members (excludes halogenated alkanes) is 3. The van der Waals surface area contributed by atoms with Gasteiger partial charge in [-0.3, -0.25) is 4.90 Å². The van der Waals surface area contributed by atoms with Gasteiger partial charge in [-0.2, -0.15) is 0 Å². The van der Waals surface area contributed by atoms with Gasteiger partial charge in [0.1, 0.15) is 5.75 Å². The molecule has 0 radical (unpaired) electrons. The van der Waals surface area contributed by atoms with Crippen molar-refractivity contribution < 1.29 is 9.84 Å². The minimum Gasteiger partial charge on any atom is -0.497 e. The molecule has 1 saturated heterocycles. The highest BCUT2D eigenvalue weighted by Gasteiger charge is 2.37. The van der Waals surface area contributed by atoms with Crippen LogP contribution in [0.15, 0.2) is 30.5 Å². The third-order valence-corrected chi connectivity index (χ3v) is 6.43. The number of hydrogen-bond donors (Lipinski definition) is 1. The summed E-state index contributed by atoms with van der Waals surface area (Å²) in [4.78, 5) is 2.54. The van der Waals surface area contributed by atoms with Crippen LogP contribution < -0.4 is 4.74 Å². The van der Waals surface area contributed by atoms with Gasteiger partial charge in [0, 0.05) is 24.7 Å². The number of aromatic nitrogens is 3. The molecule has 2 aromatic rings. The maximum atomic E-state index is 11.0. The van der Waals surface area contributed by atoms with Crippen LogP contribution in [-0.2, 0) is 0 Å². The normalized spacial score (nSPS) is 25.3. The molecule has 2 heterocycles. The van der Waals surface area contributed by atoms with Gasteiger partial charge in [0.15, 0.2) is 0 Å². The van der Waals surface area contributed by atoms with E-state index in [1.54, 1.807) is 7.11 Å². The van der Waals surface area contributed by atoms with Crippen LogP contribution in [0.2, 0.25) is 0 Å². The van der Waals surface area contributed by atoms with Gasteiger partial charge in [-0.15, -0.1) is 5.10 Å². The minimum atomic E-state index is -0.428. The van der Waals surface area contributed by atoms with Gasteiger partial charge < -0.3 is 9.84 Å². The highest BCUT2D eigenvalue weighted by atomic mass is 16.5. The van der Waals surface area contributed by atoms with Crippen molar-refractivity contribution in [2.45, 2.75) is 76.0 Å². The number of piperidine rings is 1. The first-order valence-electron chi connectivity index (χ1n) is 11.2. The maximum Gasteiger partial charge on any atom is 0.118 e. The van der Waals surface area contributed by atoms with E-state index in [4.69, 9.17) is 4.74 Å². The molecule has 0 bridgehead atoms. The Labute approximate surface area is 173 Å². The average molecular weight is 399 g/mol. The molecule has 1 aromatic heterocycles. The van der Waals surface area contributed by atoms with Gasteiger partial charge in [0.05, 0.1) is 24.9 Å². The third kappa shape index (κ3) is 4.81. The molecule has 2 aliphatic rings. The molecular weight excluding hydrogens is 364 g/mol. The number of rotatable bonds is 9. The largest absolute Gasteiger partial charge is 0.497 e. The van der Waals surface area contributed by atoms with Crippen LogP contribution >= 0.6 is 0 Å². The first kappa shape index (κ1) is 20.4. The summed E-state index contributed by atoms with van der Waals surface area (Å²) in [6, 6.07) is 8.49. The van der Waals surface area contributed by atoms with E-state index in [2.05, 4.69) is 40.5 Å². The molecule has 3 atom stereocenters. The second kappa shape index (κ2) is 9.26. The van der Waals surface area contributed by atoms with Crippen molar-refractivity contribution in [2.75, 3.05) is 20.2 Å². The molecule has 0 amide bonds. The number of aliphatic hydroxyl groups is 1. The second-order valence-corrected chi connectivity index (χ2v) is 8.61. The molecule has 1 N–H and O–H groups in total. The summed E-state index contributed by atoms with van der Waals surface area (Å²) in [5.74, 6) is 1.45. The standard InChI is InChI=1S/C23H34N4O2/c1-3-4-5-6-13-26-16-22(27-15-20(24-25-27)17-7-8-17)23(28)14-21(26)18-9-11-19(29-2)12-10-18/h9-12,15,17,21-23,28H,3-8,13-14,16H2,1-2H3/t21-,22-,23-/m1/s1. The van der Waals surface area contributed by atoms with Crippen molar-refractivity contribution in [2.24, 2.45) is 0 Å². The zero-order valence-corrected chi connectivity index (χ0v) is 17.7. The Balaban J connectivity index is 1.50. The lowest BCUT2D eigenvalue weighted by atomic mass is 9.90. The van der Waals surface area contributed by atoms with Crippen molar-refractivity contribution in [1.82, 2.24) is 19.9 Å². The van der Waals surface area contributed by atoms with Crippen molar-refractivity contribution in [3.05, 3.63) is 41.7 Å². The van der Waals surface area contributed by atoms with E-state index < -0.39 is 6.10 Å². The Bertz CT molecular complexity index is 771. The minimum absolute atomic E-state index is 0.0318. The predicted octanol–water partition coefficient (Wildman–Crippen LogP) is 4.09. The van der Waals surface area contributed by atoms with Gasteiger partial charge in [-0.1, -0.05) is 43.5 Å². The smallest absolute Gasteiger partial charge is 0.118 e. The number of benzene rings is 1. The molecule has 158 valence electrons. The van der Waals surface area contributed by atoms with E-state index >= 15 is 0 Å². The van der Waals surface area contributed by atoms with Gasteiger partial charge in [-0.05, 0) is 49.9 Å². The average Bonchev–Trinajstić information content (AvgIpc) is 3.49. The van der Waals surface area contributed by atoms with E-state index in [0.29, 0.717) is 12.3 Å². The van der Waals surface area contributed by atoms with Gasteiger partial charge >= 0.3 is 0 Å². The number of likely N-dealkylation sites (tertiary alicyclic amines) is 1. The number of aliphatic hydroxyl groups excluding tert-OH is 1. The topological polar surface area (TPSA) is 63.4 Å². The van der Waals surface area contributed by atoms with E-state index in [1.807, 2.05) is 16.8 Å². The Hall–Kier alpha value is -1.92. The van der Waals surface area contributed by atoms with Crippen LogP contribution in [0.1, 0.15) is 81.1 Å². The Morgan fingerprint density at radius 3 is 2.62 bits per heavy atom. The van der Waals surface area contributed by atoms with E-state index in [0.717, 1.165) is 24.5 Å². The lowest BCUT2D eigenvalue weighted by Crippen LogP contribution is -2.46. The fraction of sp³-hybridized carbons (Fsp3) is 0.652. The molecule has 6 nitrogen and oxygen atoms in total. The maximum absolute atomic E-state index is 11.0. The van der Waals surface area contributed by atoms with Gasteiger partial charge in [0.2, 0.25) is 0 Å². The summed E-state index contributed by atoms with van der Waals surface area (Å²) in [6.45, 7) is 4.09. The summed E-state index contributed by atoms with van der Waals surface area (Å²) in [5.41, 5.74) is 2.33. The molecule has 1 aliphatic carbocycles. The SMILES string of the molecule is CCCCCCN1C[C@@H](n2cc(C3CC3)nn2)[C@H](O)C[C@@H]1c1ccc(OC)cc1. The number of methoxy groups -OCH3 is 1.